The number of hydrogen-bond donors (Lipinski definition) is 1. The van der Waals surface area contributed by atoms with Gasteiger partial charge in [-0.15, -0.1) is 0 Å². The van der Waals surface area contributed by atoms with E-state index in [0.717, 1.165) is 36.8 Å². The second-order valence-electron chi connectivity index (χ2n) is 7.83. The molecule has 3 nitrogen and oxygen atoms in total. The van der Waals surface area contributed by atoms with Gasteiger partial charge in [-0.2, -0.15) is 0 Å². The van der Waals surface area contributed by atoms with E-state index >= 15 is 0 Å². The van der Waals surface area contributed by atoms with Crippen LogP contribution in [0.15, 0.2) is 53.1 Å². The third-order valence-corrected chi connectivity index (χ3v) is 4.95. The second-order valence-corrected chi connectivity index (χ2v) is 7.83. The zero-order chi connectivity index (χ0) is 20.0. The van der Waals surface area contributed by atoms with E-state index in [0.29, 0.717) is 11.3 Å². The molecule has 1 aromatic rings. The molecule has 0 saturated heterocycles. The maximum absolute atomic E-state index is 12.6. The van der Waals surface area contributed by atoms with Gasteiger partial charge < -0.3 is 9.84 Å². The molecular formula is C24H32O3. The van der Waals surface area contributed by atoms with Crippen LogP contribution < -0.4 is 4.74 Å². The van der Waals surface area contributed by atoms with E-state index in [2.05, 4.69) is 32.9 Å². The fourth-order valence-corrected chi connectivity index (χ4v) is 3.23. The van der Waals surface area contributed by atoms with E-state index in [1.165, 1.54) is 11.1 Å². The van der Waals surface area contributed by atoms with Gasteiger partial charge in [-0.05, 0) is 71.9 Å². The van der Waals surface area contributed by atoms with Crippen molar-refractivity contribution >= 4 is 5.78 Å². The number of allylic oxidation sites excluding steroid dienone is 5. The second kappa shape index (κ2) is 9.18. The van der Waals surface area contributed by atoms with E-state index in [9.17, 15) is 9.90 Å². The summed E-state index contributed by atoms with van der Waals surface area (Å²) in [5, 5.41) is 10.7. The van der Waals surface area contributed by atoms with Crippen molar-refractivity contribution in [1.82, 2.24) is 0 Å². The predicted molar refractivity (Wildman–Crippen MR) is 111 cm³/mol. The minimum absolute atomic E-state index is 0.176. The van der Waals surface area contributed by atoms with Crippen molar-refractivity contribution in [2.45, 2.75) is 72.5 Å². The van der Waals surface area contributed by atoms with Crippen LogP contribution in [0, 0.1) is 6.92 Å². The number of carbonyl (C=O) groups excluding carboxylic acids is 1. The molecule has 0 aromatic heterocycles. The van der Waals surface area contributed by atoms with Crippen LogP contribution in [0.4, 0.5) is 0 Å². The lowest BCUT2D eigenvalue weighted by Gasteiger charge is -2.19. The highest BCUT2D eigenvalue weighted by molar-refractivity contribution is 6.07. The lowest BCUT2D eigenvalue weighted by atomic mass is 9.98. The molecule has 0 bridgehead atoms. The minimum atomic E-state index is -1.77. The lowest BCUT2D eigenvalue weighted by molar-refractivity contribution is -0.0871. The highest BCUT2D eigenvalue weighted by Crippen LogP contribution is 2.37. The van der Waals surface area contributed by atoms with Crippen LogP contribution in [0.25, 0.3) is 0 Å². The molecule has 1 unspecified atom stereocenters. The average molecular weight is 369 g/mol. The van der Waals surface area contributed by atoms with Gasteiger partial charge in [0.2, 0.25) is 5.78 Å². The molecule has 27 heavy (non-hydrogen) atoms. The predicted octanol–water partition coefficient (Wildman–Crippen LogP) is 6.07. The Balaban J connectivity index is 1.88. The summed E-state index contributed by atoms with van der Waals surface area (Å²) < 4.78 is 5.59. The van der Waals surface area contributed by atoms with Gasteiger partial charge in [0.25, 0.3) is 5.79 Å². The number of ether oxygens (including phenoxy) is 1. The van der Waals surface area contributed by atoms with Crippen LogP contribution in [-0.4, -0.2) is 16.7 Å². The molecule has 0 fully saturated rings. The summed E-state index contributed by atoms with van der Waals surface area (Å²) in [4.78, 5) is 12.6. The molecule has 0 saturated carbocycles. The van der Waals surface area contributed by atoms with Gasteiger partial charge >= 0.3 is 0 Å². The number of carbonyl (C=O) groups is 1. The molecule has 0 amide bonds. The SMILES string of the molecule is CC(C)=CCCC(C)=CCCC(C)=CCC1(O)Oc2cccc(C)c2C1=O. The van der Waals surface area contributed by atoms with Gasteiger partial charge in [0.1, 0.15) is 5.75 Å². The van der Waals surface area contributed by atoms with Crippen molar-refractivity contribution in [2.75, 3.05) is 0 Å². The van der Waals surface area contributed by atoms with Crippen molar-refractivity contribution in [3.8, 4) is 5.75 Å². The largest absolute Gasteiger partial charge is 0.453 e. The number of aryl methyl sites for hydroxylation is 1. The Labute approximate surface area is 163 Å². The Bertz CT molecular complexity index is 779. The topological polar surface area (TPSA) is 46.5 Å². The molecule has 0 spiro atoms. The van der Waals surface area contributed by atoms with Crippen molar-refractivity contribution < 1.29 is 14.6 Å². The Morgan fingerprint density at radius 1 is 1.04 bits per heavy atom. The van der Waals surface area contributed by atoms with Crippen molar-refractivity contribution in [2.24, 2.45) is 0 Å². The number of ketones is 1. The van der Waals surface area contributed by atoms with E-state index < -0.39 is 5.79 Å². The molecule has 1 aliphatic rings. The molecule has 1 heterocycles. The smallest absolute Gasteiger partial charge is 0.276 e. The quantitative estimate of drug-likeness (QED) is 0.567. The molecule has 2 rings (SSSR count). The summed E-state index contributed by atoms with van der Waals surface area (Å²) >= 11 is 0. The van der Waals surface area contributed by atoms with E-state index in [4.69, 9.17) is 4.74 Å². The lowest BCUT2D eigenvalue weighted by Crippen LogP contribution is -2.39. The summed E-state index contributed by atoms with van der Waals surface area (Å²) in [5.74, 6) is -1.63. The van der Waals surface area contributed by atoms with Crippen molar-refractivity contribution in [1.29, 1.82) is 0 Å². The first kappa shape index (κ1) is 21.2. The molecule has 1 aliphatic heterocycles. The molecule has 3 heteroatoms. The van der Waals surface area contributed by atoms with Gasteiger partial charge in [-0.1, -0.05) is 47.1 Å². The molecular weight excluding hydrogens is 336 g/mol. The molecule has 1 aromatic carbocycles. The number of aliphatic hydroxyl groups is 1. The molecule has 0 aliphatic carbocycles. The fraction of sp³-hybridized carbons (Fsp3) is 0.458. The van der Waals surface area contributed by atoms with E-state index in [1.807, 2.05) is 32.1 Å². The Kier molecular flexibility index (Phi) is 7.20. The maximum Gasteiger partial charge on any atom is 0.276 e. The number of hydrogen-bond acceptors (Lipinski definition) is 3. The molecule has 146 valence electrons. The highest BCUT2D eigenvalue weighted by Gasteiger charge is 2.46. The van der Waals surface area contributed by atoms with Crippen molar-refractivity contribution in [3.63, 3.8) is 0 Å². The summed E-state index contributed by atoms with van der Waals surface area (Å²) in [6, 6.07) is 5.43. The molecule has 0 radical (unpaired) electrons. The Morgan fingerprint density at radius 2 is 1.67 bits per heavy atom. The summed E-state index contributed by atoms with van der Waals surface area (Å²) in [7, 11) is 0. The Morgan fingerprint density at radius 3 is 2.30 bits per heavy atom. The molecule has 1 N–H and O–H groups in total. The highest BCUT2D eigenvalue weighted by atomic mass is 16.6. The normalized spacial score (nSPS) is 19.7. The Hall–Kier alpha value is -2.13. The number of rotatable bonds is 8. The summed E-state index contributed by atoms with van der Waals surface area (Å²) in [6.45, 7) is 10.3. The standard InChI is InChI=1S/C24H32O3/c1-17(2)9-6-10-18(3)11-7-12-19(4)15-16-24(26)23(25)22-20(5)13-8-14-21(22)27-24/h8-9,11,13-15,26H,6-7,10,12,16H2,1-5H3. The van der Waals surface area contributed by atoms with Crippen LogP contribution in [0.3, 0.4) is 0 Å². The van der Waals surface area contributed by atoms with Crippen LogP contribution in [0.5, 0.6) is 5.75 Å². The van der Waals surface area contributed by atoms with E-state index in [-0.39, 0.29) is 12.2 Å². The first-order valence-corrected chi connectivity index (χ1v) is 9.73. The number of fused-ring (bicyclic) bond motifs is 1. The average Bonchev–Trinajstić information content (AvgIpc) is 2.85. The first-order valence-electron chi connectivity index (χ1n) is 9.73. The number of benzene rings is 1. The van der Waals surface area contributed by atoms with Crippen LogP contribution in [-0.2, 0) is 0 Å². The van der Waals surface area contributed by atoms with Crippen LogP contribution in [0.2, 0.25) is 0 Å². The van der Waals surface area contributed by atoms with Crippen LogP contribution in [0.1, 0.15) is 75.7 Å². The van der Waals surface area contributed by atoms with Gasteiger partial charge in [-0.25, -0.2) is 0 Å². The third-order valence-electron chi connectivity index (χ3n) is 4.95. The van der Waals surface area contributed by atoms with Gasteiger partial charge in [-0.3, -0.25) is 4.79 Å². The van der Waals surface area contributed by atoms with Gasteiger partial charge in [0.05, 0.1) is 5.56 Å². The first-order chi connectivity index (χ1) is 12.7. The summed E-state index contributed by atoms with van der Waals surface area (Å²) in [6.07, 6.45) is 10.7. The monoisotopic (exact) mass is 368 g/mol. The van der Waals surface area contributed by atoms with Gasteiger partial charge in [0, 0.05) is 6.42 Å². The van der Waals surface area contributed by atoms with Gasteiger partial charge in [0.15, 0.2) is 0 Å². The minimum Gasteiger partial charge on any atom is -0.453 e. The summed E-state index contributed by atoms with van der Waals surface area (Å²) in [5.41, 5.74) is 5.25. The van der Waals surface area contributed by atoms with E-state index in [1.54, 1.807) is 6.07 Å². The van der Waals surface area contributed by atoms with Crippen molar-refractivity contribution in [3.05, 3.63) is 64.3 Å². The fourth-order valence-electron chi connectivity index (χ4n) is 3.23. The zero-order valence-electron chi connectivity index (χ0n) is 17.3. The number of Topliss-reactive ketones (excluding diaryl/α,β-unsaturated/α-hetero) is 1. The van der Waals surface area contributed by atoms with Crippen LogP contribution >= 0.6 is 0 Å². The zero-order valence-corrected chi connectivity index (χ0v) is 17.3. The maximum atomic E-state index is 12.6. The third kappa shape index (κ3) is 5.67. The molecule has 1 atom stereocenters.